The predicted molar refractivity (Wildman–Crippen MR) is 102 cm³/mol. The number of urea groups is 1. The Morgan fingerprint density at radius 2 is 1.96 bits per heavy atom. The fourth-order valence-electron chi connectivity index (χ4n) is 3.70. The zero-order chi connectivity index (χ0) is 18.1. The number of benzene rings is 2. The van der Waals surface area contributed by atoms with Crippen molar-refractivity contribution in [2.45, 2.75) is 25.3 Å². The summed E-state index contributed by atoms with van der Waals surface area (Å²) < 4.78 is 25.5. The summed E-state index contributed by atoms with van der Waals surface area (Å²) in [6, 6.07) is 14.8. The highest BCUT2D eigenvalue weighted by atomic mass is 32.2. The maximum atomic E-state index is 12.4. The van der Waals surface area contributed by atoms with Crippen molar-refractivity contribution in [2.24, 2.45) is 0 Å². The van der Waals surface area contributed by atoms with Crippen LogP contribution < -0.4 is 14.9 Å². The van der Waals surface area contributed by atoms with Gasteiger partial charge in [-0.3, -0.25) is 4.31 Å². The molecule has 0 radical (unpaired) electrons. The van der Waals surface area contributed by atoms with Crippen LogP contribution in [0.4, 0.5) is 16.2 Å². The van der Waals surface area contributed by atoms with Crippen molar-refractivity contribution in [3.05, 3.63) is 59.7 Å². The summed E-state index contributed by atoms with van der Waals surface area (Å²) in [5, 5.41) is 5.83. The van der Waals surface area contributed by atoms with Crippen molar-refractivity contribution >= 4 is 27.4 Å². The summed E-state index contributed by atoms with van der Waals surface area (Å²) in [6.07, 6.45) is 2.48. The van der Waals surface area contributed by atoms with Crippen molar-refractivity contribution in [3.8, 4) is 0 Å². The van der Waals surface area contributed by atoms with Crippen LogP contribution in [0.2, 0.25) is 0 Å². The second kappa shape index (κ2) is 6.64. The lowest BCUT2D eigenvalue weighted by Crippen LogP contribution is -2.31. The topological polar surface area (TPSA) is 78.5 Å². The molecule has 1 saturated heterocycles. The van der Waals surface area contributed by atoms with Crippen molar-refractivity contribution in [1.82, 2.24) is 5.32 Å². The van der Waals surface area contributed by atoms with Gasteiger partial charge in [-0.1, -0.05) is 30.3 Å². The summed E-state index contributed by atoms with van der Waals surface area (Å²) in [6.45, 7) is 0.483. The van der Waals surface area contributed by atoms with Gasteiger partial charge >= 0.3 is 6.03 Å². The lowest BCUT2D eigenvalue weighted by Gasteiger charge is -2.18. The minimum atomic E-state index is -3.23. The van der Waals surface area contributed by atoms with Crippen LogP contribution in [-0.4, -0.2) is 26.7 Å². The molecule has 1 heterocycles. The van der Waals surface area contributed by atoms with Crippen LogP contribution in [0, 0.1) is 0 Å². The SMILES string of the molecule is O=C(Nc1cccc(N2CCCS2(=O)=O)c1)NC1CCc2ccccc21. The van der Waals surface area contributed by atoms with E-state index in [1.807, 2.05) is 18.2 Å². The van der Waals surface area contributed by atoms with Crippen LogP contribution in [0.15, 0.2) is 48.5 Å². The van der Waals surface area contributed by atoms with E-state index >= 15 is 0 Å². The van der Waals surface area contributed by atoms with Crippen LogP contribution in [0.3, 0.4) is 0 Å². The molecular weight excluding hydrogens is 350 g/mol. The highest BCUT2D eigenvalue weighted by molar-refractivity contribution is 7.93. The second-order valence-electron chi connectivity index (χ2n) is 6.68. The number of amides is 2. The standard InChI is InChI=1S/C19H21N3O3S/c23-19(21-18-10-9-14-5-1-2-8-17(14)18)20-15-6-3-7-16(13-15)22-11-4-12-26(22,24)25/h1-3,5-8,13,18H,4,9-12H2,(H2,20,21,23). The monoisotopic (exact) mass is 371 g/mol. The van der Waals surface area contributed by atoms with Gasteiger partial charge in [0.1, 0.15) is 0 Å². The molecule has 2 N–H and O–H groups in total. The Kier molecular flexibility index (Phi) is 4.32. The first-order chi connectivity index (χ1) is 12.5. The number of carbonyl (C=O) groups excluding carboxylic acids is 1. The molecule has 6 nitrogen and oxygen atoms in total. The van der Waals surface area contributed by atoms with E-state index in [-0.39, 0.29) is 17.8 Å². The fraction of sp³-hybridized carbons (Fsp3) is 0.316. The molecule has 1 atom stereocenters. The minimum Gasteiger partial charge on any atom is -0.331 e. The van der Waals surface area contributed by atoms with Crippen molar-refractivity contribution in [2.75, 3.05) is 21.9 Å². The van der Waals surface area contributed by atoms with E-state index < -0.39 is 10.0 Å². The van der Waals surface area contributed by atoms with Gasteiger partial charge in [0, 0.05) is 12.2 Å². The van der Waals surface area contributed by atoms with E-state index in [1.54, 1.807) is 24.3 Å². The Morgan fingerprint density at radius 3 is 2.77 bits per heavy atom. The van der Waals surface area contributed by atoms with Crippen molar-refractivity contribution < 1.29 is 13.2 Å². The summed E-state index contributed by atoms with van der Waals surface area (Å²) in [7, 11) is -3.23. The average molecular weight is 371 g/mol. The third-order valence-electron chi connectivity index (χ3n) is 4.93. The molecule has 2 aliphatic rings. The van der Waals surface area contributed by atoms with E-state index in [9.17, 15) is 13.2 Å². The minimum absolute atomic E-state index is 0.00772. The summed E-state index contributed by atoms with van der Waals surface area (Å²) >= 11 is 0. The Morgan fingerprint density at radius 1 is 1.12 bits per heavy atom. The zero-order valence-corrected chi connectivity index (χ0v) is 15.1. The van der Waals surface area contributed by atoms with Gasteiger partial charge in [-0.15, -0.1) is 0 Å². The summed E-state index contributed by atoms with van der Waals surface area (Å²) in [4.78, 5) is 12.4. The number of aryl methyl sites for hydroxylation is 1. The molecule has 0 aromatic heterocycles. The maximum Gasteiger partial charge on any atom is 0.319 e. The van der Waals surface area contributed by atoms with E-state index in [1.165, 1.54) is 15.4 Å². The molecule has 136 valence electrons. The molecule has 2 aromatic rings. The number of hydrogen-bond acceptors (Lipinski definition) is 3. The molecule has 0 spiro atoms. The van der Waals surface area contributed by atoms with Gasteiger partial charge in [-0.2, -0.15) is 0 Å². The number of rotatable bonds is 3. The first-order valence-corrected chi connectivity index (χ1v) is 10.4. The molecule has 1 aliphatic carbocycles. The molecule has 1 fully saturated rings. The molecular formula is C19H21N3O3S. The molecule has 2 amide bonds. The van der Waals surface area contributed by atoms with E-state index in [0.29, 0.717) is 24.3 Å². The highest BCUT2D eigenvalue weighted by Gasteiger charge is 2.28. The smallest absolute Gasteiger partial charge is 0.319 e. The van der Waals surface area contributed by atoms with Gasteiger partial charge in [0.15, 0.2) is 0 Å². The quantitative estimate of drug-likeness (QED) is 0.870. The fourth-order valence-corrected chi connectivity index (χ4v) is 5.26. The van der Waals surface area contributed by atoms with Gasteiger partial charge in [0.05, 0.1) is 17.5 Å². The normalized spacial score (nSPS) is 20.6. The molecule has 0 saturated carbocycles. The Balaban J connectivity index is 1.45. The number of sulfonamides is 1. The van der Waals surface area contributed by atoms with Gasteiger partial charge in [0.25, 0.3) is 0 Å². The number of hydrogen-bond donors (Lipinski definition) is 2. The lowest BCUT2D eigenvalue weighted by molar-refractivity contribution is 0.248. The van der Waals surface area contributed by atoms with Crippen LogP contribution in [-0.2, 0) is 16.4 Å². The predicted octanol–water partition coefficient (Wildman–Crippen LogP) is 3.04. The second-order valence-corrected chi connectivity index (χ2v) is 8.69. The van der Waals surface area contributed by atoms with Gasteiger partial charge in [-0.05, 0) is 48.6 Å². The van der Waals surface area contributed by atoms with E-state index in [2.05, 4.69) is 16.7 Å². The number of anilines is 2. The highest BCUT2D eigenvalue weighted by Crippen LogP contribution is 2.31. The van der Waals surface area contributed by atoms with Crippen molar-refractivity contribution in [1.29, 1.82) is 0 Å². The lowest BCUT2D eigenvalue weighted by atomic mass is 10.1. The first kappa shape index (κ1) is 16.9. The third-order valence-corrected chi connectivity index (χ3v) is 6.80. The van der Waals surface area contributed by atoms with Crippen LogP contribution >= 0.6 is 0 Å². The molecule has 1 aliphatic heterocycles. The Labute approximate surface area is 153 Å². The zero-order valence-electron chi connectivity index (χ0n) is 14.3. The number of fused-ring (bicyclic) bond motifs is 1. The summed E-state index contributed by atoms with van der Waals surface area (Å²) in [5.74, 6) is 0.173. The molecule has 1 unspecified atom stereocenters. The number of carbonyl (C=O) groups is 1. The number of nitrogens with zero attached hydrogens (tertiary/aromatic N) is 1. The van der Waals surface area contributed by atoms with Gasteiger partial charge in [-0.25, -0.2) is 13.2 Å². The molecule has 26 heavy (non-hydrogen) atoms. The Hall–Kier alpha value is -2.54. The summed E-state index contributed by atoms with van der Waals surface area (Å²) in [5.41, 5.74) is 3.61. The van der Waals surface area contributed by atoms with Crippen LogP contribution in [0.5, 0.6) is 0 Å². The first-order valence-electron chi connectivity index (χ1n) is 8.79. The van der Waals surface area contributed by atoms with Gasteiger partial charge < -0.3 is 10.6 Å². The average Bonchev–Trinajstić information content (AvgIpc) is 3.18. The van der Waals surface area contributed by atoms with Gasteiger partial charge in [0.2, 0.25) is 10.0 Å². The molecule has 7 heteroatoms. The molecule has 0 bridgehead atoms. The number of nitrogens with one attached hydrogen (secondary N) is 2. The van der Waals surface area contributed by atoms with Crippen molar-refractivity contribution in [3.63, 3.8) is 0 Å². The molecule has 4 rings (SSSR count). The van der Waals surface area contributed by atoms with E-state index in [4.69, 9.17) is 0 Å². The molecule has 2 aromatic carbocycles. The third kappa shape index (κ3) is 3.26. The van der Waals surface area contributed by atoms with Crippen LogP contribution in [0.25, 0.3) is 0 Å². The largest absolute Gasteiger partial charge is 0.331 e. The van der Waals surface area contributed by atoms with Crippen LogP contribution in [0.1, 0.15) is 30.0 Å². The maximum absolute atomic E-state index is 12.4. The van der Waals surface area contributed by atoms with E-state index in [0.717, 1.165) is 12.8 Å². The Bertz CT molecular complexity index is 943.